The van der Waals surface area contributed by atoms with Crippen molar-refractivity contribution >= 4 is 5.69 Å². The minimum Gasteiger partial charge on any atom is -0.399 e. The molecular formula is C15H22N2. The van der Waals surface area contributed by atoms with Gasteiger partial charge in [0.1, 0.15) is 0 Å². The van der Waals surface area contributed by atoms with Crippen LogP contribution in [0.2, 0.25) is 0 Å². The lowest BCUT2D eigenvalue weighted by molar-refractivity contribution is 0.209. The molecule has 3 rings (SSSR count). The standard InChI is InChI=1S/C15H22N2/c16-14-6-4-5-13(11-14)15(7-8-15)12-17-9-2-1-3-10-17/h4-6,11H,1-3,7-10,12,16H2. The number of benzene rings is 1. The van der Waals surface area contributed by atoms with E-state index in [0.29, 0.717) is 5.41 Å². The van der Waals surface area contributed by atoms with Gasteiger partial charge in [-0.3, -0.25) is 0 Å². The minimum absolute atomic E-state index is 0.437. The lowest BCUT2D eigenvalue weighted by Crippen LogP contribution is -2.36. The molecule has 0 atom stereocenters. The lowest BCUT2D eigenvalue weighted by Gasteiger charge is -2.30. The summed E-state index contributed by atoms with van der Waals surface area (Å²) < 4.78 is 0. The van der Waals surface area contributed by atoms with Gasteiger partial charge in [-0.15, -0.1) is 0 Å². The molecule has 1 aromatic carbocycles. The third-order valence-electron chi connectivity index (χ3n) is 4.33. The highest BCUT2D eigenvalue weighted by Crippen LogP contribution is 2.49. The molecule has 1 aliphatic heterocycles. The Morgan fingerprint density at radius 3 is 2.53 bits per heavy atom. The molecule has 1 aliphatic carbocycles. The first-order valence-electron chi connectivity index (χ1n) is 6.87. The summed E-state index contributed by atoms with van der Waals surface area (Å²) in [4.78, 5) is 2.65. The van der Waals surface area contributed by atoms with E-state index in [-0.39, 0.29) is 0 Å². The molecule has 2 aliphatic rings. The summed E-state index contributed by atoms with van der Waals surface area (Å²) in [5.74, 6) is 0. The Kier molecular flexibility index (Phi) is 2.83. The fraction of sp³-hybridized carbons (Fsp3) is 0.600. The maximum Gasteiger partial charge on any atom is 0.0316 e. The molecule has 1 heterocycles. The number of hydrogen-bond acceptors (Lipinski definition) is 2. The van der Waals surface area contributed by atoms with E-state index < -0.39 is 0 Å². The van der Waals surface area contributed by atoms with Gasteiger partial charge in [-0.25, -0.2) is 0 Å². The summed E-state index contributed by atoms with van der Waals surface area (Å²) in [6, 6.07) is 8.52. The van der Waals surface area contributed by atoms with Crippen LogP contribution in [-0.2, 0) is 5.41 Å². The molecule has 1 saturated heterocycles. The smallest absolute Gasteiger partial charge is 0.0316 e. The van der Waals surface area contributed by atoms with Crippen LogP contribution in [0.15, 0.2) is 24.3 Å². The zero-order valence-corrected chi connectivity index (χ0v) is 10.5. The average Bonchev–Trinajstić information content (AvgIpc) is 3.11. The molecule has 0 bridgehead atoms. The third kappa shape index (κ3) is 2.32. The van der Waals surface area contributed by atoms with Gasteiger partial charge in [0.2, 0.25) is 0 Å². The summed E-state index contributed by atoms with van der Waals surface area (Å²) in [6.07, 6.45) is 6.86. The van der Waals surface area contributed by atoms with Crippen LogP contribution in [0.5, 0.6) is 0 Å². The first-order chi connectivity index (χ1) is 8.28. The second kappa shape index (κ2) is 4.34. The second-order valence-electron chi connectivity index (χ2n) is 5.74. The van der Waals surface area contributed by atoms with Crippen LogP contribution in [0.25, 0.3) is 0 Å². The lowest BCUT2D eigenvalue weighted by atomic mass is 9.94. The molecule has 0 radical (unpaired) electrons. The molecule has 92 valence electrons. The maximum atomic E-state index is 5.90. The van der Waals surface area contributed by atoms with Crippen LogP contribution in [0.1, 0.15) is 37.7 Å². The summed E-state index contributed by atoms with van der Waals surface area (Å²) >= 11 is 0. The number of nitrogen functional groups attached to an aromatic ring is 1. The number of likely N-dealkylation sites (tertiary alicyclic amines) is 1. The number of anilines is 1. The number of nitrogens with zero attached hydrogens (tertiary/aromatic N) is 1. The Morgan fingerprint density at radius 2 is 1.88 bits per heavy atom. The number of rotatable bonds is 3. The largest absolute Gasteiger partial charge is 0.399 e. The van der Waals surface area contributed by atoms with Gasteiger partial charge in [0.15, 0.2) is 0 Å². The van der Waals surface area contributed by atoms with Crippen LogP contribution < -0.4 is 5.73 Å². The van der Waals surface area contributed by atoms with Crippen molar-refractivity contribution in [2.45, 2.75) is 37.5 Å². The van der Waals surface area contributed by atoms with Gasteiger partial charge in [-0.1, -0.05) is 18.6 Å². The Hall–Kier alpha value is -1.02. The zero-order chi connectivity index (χ0) is 11.7. The molecule has 2 N–H and O–H groups in total. The molecule has 2 fully saturated rings. The molecule has 17 heavy (non-hydrogen) atoms. The number of nitrogens with two attached hydrogens (primary N) is 1. The summed E-state index contributed by atoms with van der Waals surface area (Å²) in [7, 11) is 0. The molecule has 0 aromatic heterocycles. The van der Waals surface area contributed by atoms with E-state index in [0.717, 1.165) is 5.69 Å². The van der Waals surface area contributed by atoms with Crippen LogP contribution in [-0.4, -0.2) is 24.5 Å². The van der Waals surface area contributed by atoms with Crippen molar-refractivity contribution in [3.63, 3.8) is 0 Å². The van der Waals surface area contributed by atoms with Crippen molar-refractivity contribution in [2.24, 2.45) is 0 Å². The van der Waals surface area contributed by atoms with Gasteiger partial charge in [-0.05, 0) is 56.5 Å². The molecular weight excluding hydrogens is 208 g/mol. The van der Waals surface area contributed by atoms with Crippen LogP contribution in [0.4, 0.5) is 5.69 Å². The van der Waals surface area contributed by atoms with Gasteiger partial charge >= 0.3 is 0 Å². The average molecular weight is 230 g/mol. The van der Waals surface area contributed by atoms with Crippen LogP contribution >= 0.6 is 0 Å². The quantitative estimate of drug-likeness (QED) is 0.809. The zero-order valence-electron chi connectivity index (χ0n) is 10.5. The Balaban J connectivity index is 1.73. The predicted molar refractivity (Wildman–Crippen MR) is 72.1 cm³/mol. The minimum atomic E-state index is 0.437. The summed E-state index contributed by atoms with van der Waals surface area (Å²) in [6.45, 7) is 3.84. The monoisotopic (exact) mass is 230 g/mol. The first kappa shape index (κ1) is 11.1. The Morgan fingerprint density at radius 1 is 1.12 bits per heavy atom. The van der Waals surface area contributed by atoms with Gasteiger partial charge in [0, 0.05) is 17.6 Å². The van der Waals surface area contributed by atoms with Crippen molar-refractivity contribution in [1.82, 2.24) is 4.90 Å². The van der Waals surface area contributed by atoms with E-state index in [1.54, 1.807) is 0 Å². The van der Waals surface area contributed by atoms with Crippen molar-refractivity contribution in [3.05, 3.63) is 29.8 Å². The third-order valence-corrected chi connectivity index (χ3v) is 4.33. The highest BCUT2D eigenvalue weighted by atomic mass is 15.1. The van der Waals surface area contributed by atoms with Crippen molar-refractivity contribution in [3.8, 4) is 0 Å². The van der Waals surface area contributed by atoms with E-state index in [1.165, 1.54) is 57.3 Å². The molecule has 2 heteroatoms. The normalized spacial score (nSPS) is 23.5. The molecule has 2 nitrogen and oxygen atoms in total. The molecule has 0 amide bonds. The molecule has 1 saturated carbocycles. The second-order valence-corrected chi connectivity index (χ2v) is 5.74. The highest BCUT2D eigenvalue weighted by Gasteiger charge is 2.45. The first-order valence-corrected chi connectivity index (χ1v) is 6.87. The number of hydrogen-bond donors (Lipinski definition) is 1. The van der Waals surface area contributed by atoms with Gasteiger partial charge in [-0.2, -0.15) is 0 Å². The van der Waals surface area contributed by atoms with E-state index in [2.05, 4.69) is 23.1 Å². The fourth-order valence-corrected chi connectivity index (χ4v) is 3.10. The van der Waals surface area contributed by atoms with Crippen molar-refractivity contribution < 1.29 is 0 Å². The van der Waals surface area contributed by atoms with Gasteiger partial charge in [0.25, 0.3) is 0 Å². The number of piperidine rings is 1. The predicted octanol–water partition coefficient (Wildman–Crippen LogP) is 2.79. The molecule has 1 aromatic rings. The van der Waals surface area contributed by atoms with Gasteiger partial charge < -0.3 is 10.6 Å². The fourth-order valence-electron chi connectivity index (χ4n) is 3.10. The summed E-state index contributed by atoms with van der Waals surface area (Å²) in [5, 5.41) is 0. The molecule has 0 unspecified atom stereocenters. The summed E-state index contributed by atoms with van der Waals surface area (Å²) in [5.41, 5.74) is 8.71. The van der Waals surface area contributed by atoms with E-state index in [1.807, 2.05) is 6.07 Å². The van der Waals surface area contributed by atoms with E-state index >= 15 is 0 Å². The SMILES string of the molecule is Nc1cccc(C2(CN3CCCCC3)CC2)c1. The van der Waals surface area contributed by atoms with E-state index in [4.69, 9.17) is 5.73 Å². The van der Waals surface area contributed by atoms with Crippen molar-refractivity contribution in [1.29, 1.82) is 0 Å². The Labute approximate surface area is 104 Å². The van der Waals surface area contributed by atoms with E-state index in [9.17, 15) is 0 Å². The van der Waals surface area contributed by atoms with Gasteiger partial charge in [0.05, 0.1) is 0 Å². The highest BCUT2D eigenvalue weighted by molar-refractivity contribution is 5.45. The molecule has 0 spiro atoms. The topological polar surface area (TPSA) is 29.3 Å². The maximum absolute atomic E-state index is 5.90. The van der Waals surface area contributed by atoms with Crippen molar-refractivity contribution in [2.75, 3.05) is 25.4 Å². The van der Waals surface area contributed by atoms with Crippen LogP contribution in [0.3, 0.4) is 0 Å². The Bertz CT molecular complexity index is 390. The van der Waals surface area contributed by atoms with Crippen LogP contribution in [0, 0.1) is 0 Å².